The Morgan fingerprint density at radius 2 is 2.17 bits per heavy atom. The number of ether oxygens (including phenoxy) is 2. The fourth-order valence-electron chi connectivity index (χ4n) is 1.41. The Labute approximate surface area is 110 Å². The smallest absolute Gasteiger partial charge is 0.311 e. The largest absolute Gasteiger partial charge is 0.495 e. The van der Waals surface area contributed by atoms with E-state index in [-0.39, 0.29) is 18.6 Å². The van der Waals surface area contributed by atoms with Gasteiger partial charge in [-0.2, -0.15) is 0 Å². The van der Waals surface area contributed by atoms with Crippen LogP contribution >= 0.6 is 11.6 Å². The molecule has 0 amide bonds. The first kappa shape index (κ1) is 14.3. The van der Waals surface area contributed by atoms with E-state index in [2.05, 4.69) is 0 Å². The van der Waals surface area contributed by atoms with Crippen LogP contribution in [0.3, 0.4) is 0 Å². The molecule has 0 N–H and O–H groups in total. The molecule has 0 fully saturated rings. The number of hydrogen-bond acceptors (Lipinski definition) is 4. The molecule has 4 nitrogen and oxygen atoms in total. The van der Waals surface area contributed by atoms with Crippen molar-refractivity contribution in [1.82, 2.24) is 0 Å². The van der Waals surface area contributed by atoms with Crippen LogP contribution in [0.1, 0.15) is 18.9 Å². The van der Waals surface area contributed by atoms with Gasteiger partial charge in [-0.05, 0) is 24.6 Å². The lowest BCUT2D eigenvalue weighted by Gasteiger charge is -2.07. The van der Waals surface area contributed by atoms with Crippen molar-refractivity contribution < 1.29 is 19.1 Å². The molecule has 0 bridgehead atoms. The summed E-state index contributed by atoms with van der Waals surface area (Å²) < 4.78 is 9.78. The van der Waals surface area contributed by atoms with Gasteiger partial charge in [0.2, 0.25) is 0 Å². The van der Waals surface area contributed by atoms with Crippen molar-refractivity contribution >= 4 is 29.1 Å². The molecule has 0 saturated carbocycles. The number of carbonyl (C=O) groups is 1. The molecule has 1 aromatic carbocycles. The minimum absolute atomic E-state index is 0.125. The van der Waals surface area contributed by atoms with E-state index in [1.54, 1.807) is 31.1 Å². The SMILES string of the molecule is CCOC(=O)CC(=C=O)c1ccc(OC)c(Cl)c1. The van der Waals surface area contributed by atoms with E-state index in [1.807, 2.05) is 0 Å². The van der Waals surface area contributed by atoms with Gasteiger partial charge in [0, 0.05) is 0 Å². The fourth-order valence-corrected chi connectivity index (χ4v) is 1.67. The average Bonchev–Trinajstić information content (AvgIpc) is 2.36. The van der Waals surface area contributed by atoms with Crippen molar-refractivity contribution in [2.45, 2.75) is 13.3 Å². The number of methoxy groups -OCH3 is 1. The lowest BCUT2D eigenvalue weighted by atomic mass is 10.0. The third-order valence-corrected chi connectivity index (χ3v) is 2.55. The van der Waals surface area contributed by atoms with Crippen LogP contribution in [0.4, 0.5) is 0 Å². The van der Waals surface area contributed by atoms with Gasteiger partial charge in [-0.25, -0.2) is 4.79 Å². The van der Waals surface area contributed by atoms with E-state index in [0.717, 1.165) is 0 Å². The molecule has 0 aromatic heterocycles. The zero-order valence-electron chi connectivity index (χ0n) is 10.2. The molecule has 18 heavy (non-hydrogen) atoms. The normalized spacial score (nSPS) is 9.50. The number of hydrogen-bond donors (Lipinski definition) is 0. The maximum Gasteiger partial charge on any atom is 0.311 e. The summed E-state index contributed by atoms with van der Waals surface area (Å²) in [5, 5.41) is 0.367. The van der Waals surface area contributed by atoms with Crippen LogP contribution in [-0.4, -0.2) is 25.6 Å². The van der Waals surface area contributed by atoms with E-state index < -0.39 is 5.97 Å². The van der Waals surface area contributed by atoms with Crippen molar-refractivity contribution in [3.8, 4) is 5.75 Å². The lowest BCUT2D eigenvalue weighted by molar-refractivity contribution is -0.141. The zero-order chi connectivity index (χ0) is 13.5. The van der Waals surface area contributed by atoms with Crippen molar-refractivity contribution in [1.29, 1.82) is 0 Å². The van der Waals surface area contributed by atoms with Gasteiger partial charge in [0.25, 0.3) is 0 Å². The number of carbonyl (C=O) groups excluding carboxylic acids is 2. The quantitative estimate of drug-likeness (QED) is 0.608. The predicted molar refractivity (Wildman–Crippen MR) is 68.4 cm³/mol. The molecule has 0 heterocycles. The van der Waals surface area contributed by atoms with Gasteiger partial charge in [-0.15, -0.1) is 0 Å². The molecule has 0 atom stereocenters. The molecule has 0 saturated heterocycles. The molecule has 5 heteroatoms. The van der Waals surface area contributed by atoms with Gasteiger partial charge in [-0.1, -0.05) is 17.7 Å². The number of esters is 1. The summed E-state index contributed by atoms with van der Waals surface area (Å²) in [5.74, 6) is 1.77. The standard InChI is InChI=1S/C13H13ClO4/c1-3-18-13(16)7-10(8-15)9-4-5-12(17-2)11(14)6-9/h4-6H,3,7H2,1-2H3. The molecule has 1 aromatic rings. The van der Waals surface area contributed by atoms with Crippen LogP contribution in [0.25, 0.3) is 5.57 Å². The van der Waals surface area contributed by atoms with Gasteiger partial charge in [-0.3, -0.25) is 4.79 Å². The Balaban J connectivity index is 2.93. The minimum Gasteiger partial charge on any atom is -0.495 e. The summed E-state index contributed by atoms with van der Waals surface area (Å²) in [6.07, 6.45) is -0.125. The highest BCUT2D eigenvalue weighted by atomic mass is 35.5. The van der Waals surface area contributed by atoms with Gasteiger partial charge < -0.3 is 9.47 Å². The summed E-state index contributed by atoms with van der Waals surface area (Å²) in [4.78, 5) is 22.2. The second-order valence-corrected chi connectivity index (χ2v) is 3.82. The summed E-state index contributed by atoms with van der Waals surface area (Å²) in [6.45, 7) is 1.97. The summed E-state index contributed by atoms with van der Waals surface area (Å²) in [6, 6.07) is 4.82. The first-order valence-electron chi connectivity index (χ1n) is 5.35. The van der Waals surface area contributed by atoms with Crippen LogP contribution < -0.4 is 4.74 Å². The van der Waals surface area contributed by atoms with E-state index in [0.29, 0.717) is 16.3 Å². The van der Waals surface area contributed by atoms with E-state index in [4.69, 9.17) is 21.1 Å². The molecule has 1 rings (SSSR count). The maximum absolute atomic E-state index is 11.3. The molecule has 0 aliphatic rings. The topological polar surface area (TPSA) is 52.6 Å². The number of benzene rings is 1. The highest BCUT2D eigenvalue weighted by Gasteiger charge is 2.12. The predicted octanol–water partition coefficient (Wildman–Crippen LogP) is 2.52. The minimum atomic E-state index is -0.470. The second-order valence-electron chi connectivity index (χ2n) is 3.41. The second kappa shape index (κ2) is 6.84. The van der Waals surface area contributed by atoms with Crippen molar-refractivity contribution in [2.75, 3.05) is 13.7 Å². The molecule has 96 valence electrons. The maximum atomic E-state index is 11.3. The van der Waals surface area contributed by atoms with Crippen LogP contribution in [0.5, 0.6) is 5.75 Å². The van der Waals surface area contributed by atoms with E-state index in [1.165, 1.54) is 7.11 Å². The molecule has 0 spiro atoms. The Hall–Kier alpha value is -1.77. The fraction of sp³-hybridized carbons (Fsp3) is 0.308. The number of rotatable bonds is 5. The Morgan fingerprint density at radius 3 is 2.67 bits per heavy atom. The van der Waals surface area contributed by atoms with Crippen LogP contribution in [-0.2, 0) is 14.3 Å². The van der Waals surface area contributed by atoms with Crippen LogP contribution in [0.15, 0.2) is 18.2 Å². The summed E-state index contributed by atoms with van der Waals surface area (Å²) >= 11 is 5.94. The Bertz CT molecular complexity index is 490. The third-order valence-electron chi connectivity index (χ3n) is 2.25. The Morgan fingerprint density at radius 1 is 1.44 bits per heavy atom. The average molecular weight is 269 g/mol. The molecule has 0 aliphatic carbocycles. The first-order valence-corrected chi connectivity index (χ1v) is 5.73. The van der Waals surface area contributed by atoms with Gasteiger partial charge in [0.1, 0.15) is 11.7 Å². The lowest BCUT2D eigenvalue weighted by Crippen LogP contribution is -2.05. The van der Waals surface area contributed by atoms with Crippen LogP contribution in [0, 0.1) is 0 Å². The van der Waals surface area contributed by atoms with Crippen molar-refractivity contribution in [3.05, 3.63) is 28.8 Å². The number of halogens is 1. The zero-order valence-corrected chi connectivity index (χ0v) is 10.9. The molecular formula is C13H13ClO4. The van der Waals surface area contributed by atoms with Gasteiger partial charge >= 0.3 is 5.97 Å². The molecule has 0 radical (unpaired) electrons. The van der Waals surface area contributed by atoms with E-state index >= 15 is 0 Å². The van der Waals surface area contributed by atoms with E-state index in [9.17, 15) is 9.59 Å². The first-order chi connectivity index (χ1) is 8.62. The van der Waals surface area contributed by atoms with Crippen LogP contribution in [0.2, 0.25) is 5.02 Å². The van der Waals surface area contributed by atoms with Gasteiger partial charge in [0.15, 0.2) is 0 Å². The highest BCUT2D eigenvalue weighted by Crippen LogP contribution is 2.28. The Kier molecular flexibility index (Phi) is 5.43. The third kappa shape index (κ3) is 3.62. The highest BCUT2D eigenvalue weighted by molar-refractivity contribution is 6.32. The van der Waals surface area contributed by atoms with Crippen molar-refractivity contribution in [2.24, 2.45) is 0 Å². The van der Waals surface area contributed by atoms with Crippen molar-refractivity contribution in [3.63, 3.8) is 0 Å². The molecule has 0 unspecified atom stereocenters. The monoisotopic (exact) mass is 268 g/mol. The molecular weight excluding hydrogens is 256 g/mol. The summed E-state index contributed by atoms with van der Waals surface area (Å²) in [5.41, 5.74) is 0.738. The molecule has 0 aliphatic heterocycles. The van der Waals surface area contributed by atoms with Gasteiger partial charge in [0.05, 0.1) is 30.7 Å². The summed E-state index contributed by atoms with van der Waals surface area (Å²) in [7, 11) is 1.50.